The van der Waals surface area contributed by atoms with Gasteiger partial charge in [0.25, 0.3) is 5.56 Å². The van der Waals surface area contributed by atoms with Crippen molar-refractivity contribution in [2.45, 2.75) is 0 Å². The summed E-state index contributed by atoms with van der Waals surface area (Å²) in [7, 11) is 3.27. The van der Waals surface area contributed by atoms with Gasteiger partial charge in [-0.15, -0.1) is 0 Å². The van der Waals surface area contributed by atoms with Crippen LogP contribution < -0.4 is 15.6 Å². The molecular weight excluding hydrogens is 316 g/mol. The first kappa shape index (κ1) is 15.2. The van der Waals surface area contributed by atoms with E-state index in [0.717, 1.165) is 0 Å². The van der Waals surface area contributed by atoms with E-state index in [2.05, 4.69) is 10.3 Å². The fraction of sp³-hybridized carbons (Fsp3) is 0.118. The Balaban J connectivity index is 2.38. The largest absolute Gasteiger partial charge is 0.506 e. The molecule has 3 N–H and O–H groups in total. The van der Waals surface area contributed by atoms with Crippen molar-refractivity contribution >= 4 is 28.2 Å². The van der Waals surface area contributed by atoms with Crippen LogP contribution in [0.15, 0.2) is 41.2 Å². The molecule has 0 saturated carbocycles. The van der Waals surface area contributed by atoms with Crippen LogP contribution in [0.4, 0.5) is 5.69 Å². The first-order chi connectivity index (χ1) is 11.0. The number of ether oxygens (including phenoxy) is 1. The maximum absolute atomic E-state index is 12.4. The molecule has 5 nitrogen and oxygen atoms in total. The number of hydrogen-bond acceptors (Lipinski definition) is 4. The molecule has 0 atom stereocenters. The number of H-pyrrole nitrogens is 1. The number of hydrogen-bond donors (Lipinski definition) is 3. The molecule has 3 aromatic rings. The minimum Gasteiger partial charge on any atom is -0.506 e. The van der Waals surface area contributed by atoms with Crippen LogP contribution >= 0.6 is 11.6 Å². The van der Waals surface area contributed by atoms with E-state index in [-0.39, 0.29) is 11.3 Å². The van der Waals surface area contributed by atoms with Crippen LogP contribution in [0, 0.1) is 0 Å². The molecule has 6 heteroatoms. The second-order valence-corrected chi connectivity index (χ2v) is 5.47. The number of rotatable bonds is 3. The maximum Gasteiger partial charge on any atom is 0.260 e. The summed E-state index contributed by atoms with van der Waals surface area (Å²) in [5.41, 5.74) is 1.46. The summed E-state index contributed by atoms with van der Waals surface area (Å²) in [6.45, 7) is 0. The molecule has 0 aliphatic rings. The van der Waals surface area contributed by atoms with Crippen LogP contribution in [-0.4, -0.2) is 24.2 Å². The van der Waals surface area contributed by atoms with Gasteiger partial charge in [0.2, 0.25) is 0 Å². The zero-order valence-electron chi connectivity index (χ0n) is 12.6. The molecule has 0 bridgehead atoms. The van der Waals surface area contributed by atoms with E-state index in [1.54, 1.807) is 50.6 Å². The van der Waals surface area contributed by atoms with Gasteiger partial charge in [0.05, 0.1) is 23.6 Å². The van der Waals surface area contributed by atoms with E-state index in [1.807, 2.05) is 0 Å². The summed E-state index contributed by atoms with van der Waals surface area (Å²) >= 11 is 6.04. The standard InChI is InChI=1S/C17H15ClN2O3/c1-19-12-7-10(18)8-13-15(12)16(21)14(17(22)20-13)9-4-3-5-11(6-9)23-2/h3-8,19H,1-2H3,(H2,20,21,22). The molecule has 1 heterocycles. The van der Waals surface area contributed by atoms with E-state index in [1.165, 1.54) is 0 Å². The molecule has 0 unspecified atom stereocenters. The van der Waals surface area contributed by atoms with Gasteiger partial charge in [-0.2, -0.15) is 0 Å². The Bertz CT molecular complexity index is 950. The van der Waals surface area contributed by atoms with Crippen molar-refractivity contribution < 1.29 is 9.84 Å². The third-order valence-electron chi connectivity index (χ3n) is 3.68. The predicted octanol–water partition coefficient (Wildman–Crippen LogP) is 3.60. The van der Waals surface area contributed by atoms with E-state index in [0.29, 0.717) is 32.9 Å². The Morgan fingerprint density at radius 2 is 2.04 bits per heavy atom. The number of aromatic amines is 1. The van der Waals surface area contributed by atoms with Crippen LogP contribution in [0.2, 0.25) is 5.02 Å². The number of aromatic hydroxyl groups is 1. The number of anilines is 1. The monoisotopic (exact) mass is 330 g/mol. The summed E-state index contributed by atoms with van der Waals surface area (Å²) in [6, 6.07) is 10.3. The van der Waals surface area contributed by atoms with Crippen molar-refractivity contribution in [1.29, 1.82) is 0 Å². The van der Waals surface area contributed by atoms with Crippen molar-refractivity contribution in [2.24, 2.45) is 0 Å². The predicted molar refractivity (Wildman–Crippen MR) is 92.8 cm³/mol. The summed E-state index contributed by atoms with van der Waals surface area (Å²) in [6.07, 6.45) is 0. The fourth-order valence-corrected chi connectivity index (χ4v) is 2.84. The molecule has 23 heavy (non-hydrogen) atoms. The Hall–Kier alpha value is -2.66. The molecule has 0 spiro atoms. The summed E-state index contributed by atoms with van der Waals surface area (Å²) in [4.78, 5) is 15.2. The number of pyridine rings is 1. The van der Waals surface area contributed by atoms with Gasteiger partial charge < -0.3 is 20.1 Å². The van der Waals surface area contributed by atoms with Gasteiger partial charge in [0.1, 0.15) is 11.5 Å². The molecule has 0 saturated heterocycles. The minimum atomic E-state index is -0.396. The van der Waals surface area contributed by atoms with E-state index in [4.69, 9.17) is 16.3 Å². The van der Waals surface area contributed by atoms with Gasteiger partial charge in [-0.3, -0.25) is 4.79 Å². The number of benzene rings is 2. The van der Waals surface area contributed by atoms with E-state index < -0.39 is 5.56 Å². The zero-order chi connectivity index (χ0) is 16.6. The molecule has 3 rings (SSSR count). The van der Waals surface area contributed by atoms with Crippen molar-refractivity contribution in [3.8, 4) is 22.6 Å². The summed E-state index contributed by atoms with van der Waals surface area (Å²) < 4.78 is 5.18. The van der Waals surface area contributed by atoms with Crippen LogP contribution in [0.3, 0.4) is 0 Å². The lowest BCUT2D eigenvalue weighted by Gasteiger charge is -2.12. The normalized spacial score (nSPS) is 10.7. The second-order valence-electron chi connectivity index (χ2n) is 5.04. The van der Waals surface area contributed by atoms with Crippen molar-refractivity contribution in [1.82, 2.24) is 4.98 Å². The smallest absolute Gasteiger partial charge is 0.260 e. The highest BCUT2D eigenvalue weighted by Crippen LogP contribution is 2.38. The number of fused-ring (bicyclic) bond motifs is 1. The number of halogens is 1. The van der Waals surface area contributed by atoms with Crippen molar-refractivity contribution in [3.63, 3.8) is 0 Å². The first-order valence-corrected chi connectivity index (χ1v) is 7.33. The van der Waals surface area contributed by atoms with Crippen LogP contribution in [-0.2, 0) is 0 Å². The topological polar surface area (TPSA) is 74.4 Å². The average molecular weight is 331 g/mol. The summed E-state index contributed by atoms with van der Waals surface area (Å²) in [5, 5.41) is 14.7. The van der Waals surface area contributed by atoms with E-state index >= 15 is 0 Å². The Morgan fingerprint density at radius 3 is 2.74 bits per heavy atom. The molecule has 0 radical (unpaired) electrons. The number of aromatic nitrogens is 1. The molecule has 0 amide bonds. The number of methoxy groups -OCH3 is 1. The fourth-order valence-electron chi connectivity index (χ4n) is 2.62. The highest BCUT2D eigenvalue weighted by Gasteiger charge is 2.17. The molecule has 2 aromatic carbocycles. The van der Waals surface area contributed by atoms with E-state index in [9.17, 15) is 9.90 Å². The quantitative estimate of drug-likeness (QED) is 0.686. The molecule has 0 aliphatic heterocycles. The van der Waals surface area contributed by atoms with Gasteiger partial charge in [0, 0.05) is 17.8 Å². The molecular formula is C17H15ClN2O3. The van der Waals surface area contributed by atoms with Gasteiger partial charge in [-0.05, 0) is 29.8 Å². The van der Waals surface area contributed by atoms with Gasteiger partial charge in [-0.1, -0.05) is 23.7 Å². The van der Waals surface area contributed by atoms with Gasteiger partial charge >= 0.3 is 0 Å². The number of nitrogens with one attached hydrogen (secondary N) is 2. The van der Waals surface area contributed by atoms with Gasteiger partial charge in [0.15, 0.2) is 0 Å². The van der Waals surface area contributed by atoms with Gasteiger partial charge in [-0.25, -0.2) is 0 Å². The zero-order valence-corrected chi connectivity index (χ0v) is 13.4. The molecule has 1 aromatic heterocycles. The lowest BCUT2D eigenvalue weighted by molar-refractivity contribution is 0.415. The van der Waals surface area contributed by atoms with Crippen LogP contribution in [0.5, 0.6) is 11.5 Å². The lowest BCUT2D eigenvalue weighted by atomic mass is 10.0. The van der Waals surface area contributed by atoms with Crippen molar-refractivity contribution in [3.05, 3.63) is 51.8 Å². The highest BCUT2D eigenvalue weighted by molar-refractivity contribution is 6.32. The Morgan fingerprint density at radius 1 is 1.26 bits per heavy atom. The second kappa shape index (κ2) is 5.85. The Labute approximate surface area is 137 Å². The van der Waals surface area contributed by atoms with Crippen LogP contribution in [0.1, 0.15) is 0 Å². The molecule has 0 aliphatic carbocycles. The first-order valence-electron chi connectivity index (χ1n) is 6.96. The highest BCUT2D eigenvalue weighted by atomic mass is 35.5. The van der Waals surface area contributed by atoms with Crippen LogP contribution in [0.25, 0.3) is 22.0 Å². The SMILES string of the molecule is CNc1cc(Cl)cc2[nH]c(=O)c(-c3cccc(OC)c3)c(O)c12. The third-order valence-corrected chi connectivity index (χ3v) is 3.90. The average Bonchev–Trinajstić information content (AvgIpc) is 2.53. The molecule has 118 valence electrons. The Kier molecular flexibility index (Phi) is 3.88. The maximum atomic E-state index is 12.4. The van der Waals surface area contributed by atoms with Crippen molar-refractivity contribution in [2.75, 3.05) is 19.5 Å². The third kappa shape index (κ3) is 2.59. The minimum absolute atomic E-state index is 0.0991. The summed E-state index contributed by atoms with van der Waals surface area (Å²) in [5.74, 6) is 0.504. The molecule has 0 fully saturated rings. The lowest BCUT2D eigenvalue weighted by Crippen LogP contribution is -2.10.